The number of aromatic nitrogens is 2. The summed E-state index contributed by atoms with van der Waals surface area (Å²) in [6, 6.07) is 56.7. The average Bonchev–Trinajstić information content (AvgIpc) is 3.67. The van der Waals surface area contributed by atoms with Gasteiger partial charge in [0.15, 0.2) is 5.69 Å². The van der Waals surface area contributed by atoms with E-state index in [1.165, 1.54) is 21.8 Å². The highest BCUT2D eigenvalue weighted by atomic mass is 15.0. The van der Waals surface area contributed by atoms with E-state index in [0.29, 0.717) is 11.3 Å². The molecule has 0 fully saturated rings. The molecule has 2 heterocycles. The molecule has 48 heavy (non-hydrogen) atoms. The molecule has 0 amide bonds. The van der Waals surface area contributed by atoms with Gasteiger partial charge in [0, 0.05) is 27.4 Å². The van der Waals surface area contributed by atoms with Gasteiger partial charge in [0.1, 0.15) is 0 Å². The Balaban J connectivity index is 1.15. The third-order valence-corrected chi connectivity index (χ3v) is 9.40. The van der Waals surface area contributed by atoms with Crippen molar-refractivity contribution in [2.75, 3.05) is 0 Å². The third-order valence-electron chi connectivity index (χ3n) is 9.40. The van der Waals surface area contributed by atoms with Gasteiger partial charge in [-0.25, -0.2) is 4.85 Å². The van der Waals surface area contributed by atoms with Crippen LogP contribution < -0.4 is 0 Å². The number of rotatable bonds is 4. The Kier molecular flexibility index (Phi) is 6.22. The first-order valence-corrected chi connectivity index (χ1v) is 15.9. The molecule has 0 radical (unpaired) electrons. The van der Waals surface area contributed by atoms with Crippen LogP contribution in [0.5, 0.6) is 0 Å². The van der Waals surface area contributed by atoms with E-state index in [-0.39, 0.29) is 0 Å². The monoisotopic (exact) mass is 610 g/mol. The first-order chi connectivity index (χ1) is 23.7. The van der Waals surface area contributed by atoms with Crippen LogP contribution in [0, 0.1) is 17.9 Å². The van der Waals surface area contributed by atoms with Crippen molar-refractivity contribution < 1.29 is 0 Å². The highest BCUT2D eigenvalue weighted by Gasteiger charge is 2.17. The molecule has 0 unspecified atom stereocenters. The smallest absolute Gasteiger partial charge is 0.188 e. The molecular formula is C44H26N4. The highest BCUT2D eigenvalue weighted by Crippen LogP contribution is 2.39. The van der Waals surface area contributed by atoms with Crippen molar-refractivity contribution in [2.45, 2.75) is 0 Å². The molecule has 0 atom stereocenters. The SMILES string of the molecule is [C-]#[N+]c1ccc2c(c1)c1ccccc1n2-c1ccccc1-c1ccc(-c2ccc(-n3c4ccccc4c4ccccc43)cc2)c(C#N)c1. The van der Waals surface area contributed by atoms with Crippen LogP contribution in [0.4, 0.5) is 5.69 Å². The van der Waals surface area contributed by atoms with Gasteiger partial charge in [-0.1, -0.05) is 103 Å². The van der Waals surface area contributed by atoms with E-state index in [2.05, 4.69) is 129 Å². The topological polar surface area (TPSA) is 38.0 Å². The molecule has 0 saturated carbocycles. The van der Waals surface area contributed by atoms with Crippen LogP contribution >= 0.6 is 0 Å². The molecule has 0 aliphatic heterocycles. The summed E-state index contributed by atoms with van der Waals surface area (Å²) < 4.78 is 4.57. The lowest BCUT2D eigenvalue weighted by Crippen LogP contribution is -1.97. The molecule has 9 rings (SSSR count). The van der Waals surface area contributed by atoms with Crippen LogP contribution in [0.1, 0.15) is 5.56 Å². The van der Waals surface area contributed by atoms with Crippen LogP contribution in [-0.4, -0.2) is 9.13 Å². The average molecular weight is 611 g/mol. The Hall–Kier alpha value is -6.88. The van der Waals surface area contributed by atoms with Gasteiger partial charge in [-0.3, -0.25) is 0 Å². The molecule has 2 aromatic heterocycles. The van der Waals surface area contributed by atoms with Crippen molar-refractivity contribution in [1.29, 1.82) is 5.26 Å². The lowest BCUT2D eigenvalue weighted by atomic mass is 9.94. The van der Waals surface area contributed by atoms with Gasteiger partial charge in [0.25, 0.3) is 0 Å². The number of para-hydroxylation sites is 4. The lowest BCUT2D eigenvalue weighted by molar-refractivity contribution is 1.18. The summed E-state index contributed by atoms with van der Waals surface area (Å²) in [7, 11) is 0. The summed E-state index contributed by atoms with van der Waals surface area (Å²) in [5.41, 5.74) is 11.7. The summed E-state index contributed by atoms with van der Waals surface area (Å²) >= 11 is 0. The van der Waals surface area contributed by atoms with E-state index in [0.717, 1.165) is 55.4 Å². The minimum atomic E-state index is 0.621. The fraction of sp³-hybridized carbons (Fsp3) is 0. The number of nitriles is 1. The van der Waals surface area contributed by atoms with E-state index in [1.807, 2.05) is 48.5 Å². The van der Waals surface area contributed by atoms with Crippen molar-refractivity contribution >= 4 is 49.3 Å². The molecule has 4 heteroatoms. The summed E-state index contributed by atoms with van der Waals surface area (Å²) in [5, 5.41) is 15.0. The maximum atomic E-state index is 10.4. The Morgan fingerprint density at radius 2 is 1.04 bits per heavy atom. The Morgan fingerprint density at radius 1 is 0.479 bits per heavy atom. The second-order valence-electron chi connectivity index (χ2n) is 12.0. The largest absolute Gasteiger partial charge is 0.309 e. The molecular weight excluding hydrogens is 585 g/mol. The van der Waals surface area contributed by atoms with Gasteiger partial charge in [0.2, 0.25) is 0 Å². The predicted octanol–water partition coefficient (Wildman–Crippen LogP) is 11.6. The van der Waals surface area contributed by atoms with Gasteiger partial charge in [0.05, 0.1) is 46.0 Å². The van der Waals surface area contributed by atoms with E-state index in [9.17, 15) is 5.26 Å². The van der Waals surface area contributed by atoms with Crippen LogP contribution in [-0.2, 0) is 0 Å². The fourth-order valence-electron chi connectivity index (χ4n) is 7.25. The minimum absolute atomic E-state index is 0.621. The predicted molar refractivity (Wildman–Crippen MR) is 197 cm³/mol. The van der Waals surface area contributed by atoms with Gasteiger partial charge in [-0.2, -0.15) is 5.26 Å². The number of benzene rings is 7. The number of hydrogen-bond donors (Lipinski definition) is 0. The van der Waals surface area contributed by atoms with Gasteiger partial charge in [-0.15, -0.1) is 0 Å². The summed E-state index contributed by atoms with van der Waals surface area (Å²) in [5.74, 6) is 0. The van der Waals surface area contributed by atoms with Crippen molar-refractivity contribution in [3.8, 4) is 39.7 Å². The van der Waals surface area contributed by atoms with Crippen LogP contribution in [0.2, 0.25) is 0 Å². The van der Waals surface area contributed by atoms with Gasteiger partial charge < -0.3 is 9.13 Å². The maximum Gasteiger partial charge on any atom is 0.188 e. The molecule has 4 nitrogen and oxygen atoms in total. The Bertz CT molecular complexity index is 2750. The molecule has 0 aliphatic carbocycles. The molecule has 0 bridgehead atoms. The molecule has 222 valence electrons. The number of hydrogen-bond acceptors (Lipinski definition) is 1. The molecule has 0 N–H and O–H groups in total. The number of fused-ring (bicyclic) bond motifs is 6. The molecule has 0 spiro atoms. The summed E-state index contributed by atoms with van der Waals surface area (Å²) in [6.07, 6.45) is 0. The summed E-state index contributed by atoms with van der Waals surface area (Å²) in [4.78, 5) is 3.68. The minimum Gasteiger partial charge on any atom is -0.309 e. The van der Waals surface area contributed by atoms with Gasteiger partial charge >= 0.3 is 0 Å². The van der Waals surface area contributed by atoms with E-state index < -0.39 is 0 Å². The Labute approximate surface area is 277 Å². The number of nitrogens with zero attached hydrogens (tertiary/aromatic N) is 4. The van der Waals surface area contributed by atoms with Crippen LogP contribution in [0.15, 0.2) is 158 Å². The van der Waals surface area contributed by atoms with Crippen molar-refractivity contribution in [3.05, 3.63) is 175 Å². The fourth-order valence-corrected chi connectivity index (χ4v) is 7.25. The molecule has 0 saturated heterocycles. The molecule has 0 aliphatic rings. The normalized spacial score (nSPS) is 11.3. The zero-order chi connectivity index (χ0) is 32.2. The molecule has 9 aromatic rings. The van der Waals surface area contributed by atoms with Crippen LogP contribution in [0.25, 0.3) is 82.1 Å². The quantitative estimate of drug-likeness (QED) is 0.183. The highest BCUT2D eigenvalue weighted by molar-refractivity contribution is 6.11. The van der Waals surface area contributed by atoms with E-state index >= 15 is 0 Å². The second-order valence-corrected chi connectivity index (χ2v) is 12.0. The van der Waals surface area contributed by atoms with Crippen molar-refractivity contribution in [3.63, 3.8) is 0 Å². The first-order valence-electron chi connectivity index (χ1n) is 15.9. The zero-order valence-corrected chi connectivity index (χ0v) is 25.8. The van der Waals surface area contributed by atoms with Crippen molar-refractivity contribution in [1.82, 2.24) is 9.13 Å². The molecule has 7 aromatic carbocycles. The van der Waals surface area contributed by atoms with E-state index in [4.69, 9.17) is 6.57 Å². The summed E-state index contributed by atoms with van der Waals surface area (Å²) in [6.45, 7) is 7.55. The van der Waals surface area contributed by atoms with Crippen LogP contribution in [0.3, 0.4) is 0 Å². The maximum absolute atomic E-state index is 10.4. The zero-order valence-electron chi connectivity index (χ0n) is 25.8. The third kappa shape index (κ3) is 4.14. The van der Waals surface area contributed by atoms with Crippen molar-refractivity contribution in [2.24, 2.45) is 0 Å². The van der Waals surface area contributed by atoms with Gasteiger partial charge in [-0.05, 0) is 76.7 Å². The van der Waals surface area contributed by atoms with E-state index in [1.54, 1.807) is 0 Å². The Morgan fingerprint density at radius 3 is 1.71 bits per heavy atom. The standard InChI is InChI=1S/C44H26N4/c1-46-32-21-25-44-39(27-32)38-13-5-9-17-43(38)48(44)40-14-6-2-10-35(40)30-20-24-34(31(26-30)28-45)29-18-22-33(23-19-29)47-41-15-7-3-11-36(41)37-12-4-8-16-42(37)47/h2-27H. The second kappa shape index (κ2) is 10.9. The first kappa shape index (κ1) is 27.4. The lowest BCUT2D eigenvalue weighted by Gasteiger charge is -2.15.